The molecule has 9 heteroatoms. The Hall–Kier alpha value is -2.91. The Bertz CT molecular complexity index is 1070. The van der Waals surface area contributed by atoms with Gasteiger partial charge in [0.05, 0.1) is 23.3 Å². The molecule has 31 heavy (non-hydrogen) atoms. The molecule has 2 heterocycles. The van der Waals surface area contributed by atoms with Gasteiger partial charge in [0.2, 0.25) is 0 Å². The highest BCUT2D eigenvalue weighted by molar-refractivity contribution is 7.14. The number of aryl methyl sites for hydroxylation is 2. The van der Waals surface area contributed by atoms with Gasteiger partial charge in [-0.25, -0.2) is 19.3 Å². The van der Waals surface area contributed by atoms with Crippen molar-refractivity contribution in [3.63, 3.8) is 0 Å². The van der Waals surface area contributed by atoms with Gasteiger partial charge in [-0.3, -0.25) is 4.79 Å². The lowest BCUT2D eigenvalue weighted by molar-refractivity contribution is 0.0603. The van der Waals surface area contributed by atoms with Crippen LogP contribution in [0, 0.1) is 19.7 Å². The van der Waals surface area contributed by atoms with Crippen molar-refractivity contribution < 1.29 is 19.0 Å². The van der Waals surface area contributed by atoms with Gasteiger partial charge in [-0.05, 0) is 46.8 Å². The molecule has 2 aromatic heterocycles. The fraction of sp³-hybridized carbons (Fsp3) is 0.364. The predicted molar refractivity (Wildman–Crippen MR) is 117 cm³/mol. The van der Waals surface area contributed by atoms with Crippen molar-refractivity contribution in [1.82, 2.24) is 20.3 Å². The zero-order valence-corrected chi connectivity index (χ0v) is 18.8. The molecule has 1 amide bonds. The Morgan fingerprint density at radius 2 is 1.81 bits per heavy atom. The smallest absolute Gasteiger partial charge is 0.254 e. The minimum Gasteiger partial charge on any atom is -0.488 e. The molecular weight excluding hydrogens is 419 g/mol. The summed E-state index contributed by atoms with van der Waals surface area (Å²) < 4.78 is 21.1. The third-order valence-electron chi connectivity index (χ3n) is 4.79. The van der Waals surface area contributed by atoms with Crippen LogP contribution < -0.4 is 10.1 Å². The maximum absolute atomic E-state index is 15.4. The van der Waals surface area contributed by atoms with Crippen molar-refractivity contribution in [2.45, 2.75) is 52.9 Å². The number of hydrogen-bond donors (Lipinski definition) is 2. The summed E-state index contributed by atoms with van der Waals surface area (Å²) in [5.74, 6) is -0.394. The van der Waals surface area contributed by atoms with Gasteiger partial charge in [-0.15, -0.1) is 11.3 Å². The van der Waals surface area contributed by atoms with Gasteiger partial charge in [-0.2, -0.15) is 0 Å². The number of carbonyl (C=O) groups excluding carboxylic acids is 1. The highest BCUT2D eigenvalue weighted by atomic mass is 32.1. The van der Waals surface area contributed by atoms with Crippen LogP contribution in [0.15, 0.2) is 30.7 Å². The predicted octanol–water partition coefficient (Wildman–Crippen LogP) is 4.00. The second-order valence-electron chi connectivity index (χ2n) is 7.43. The third kappa shape index (κ3) is 5.42. The van der Waals surface area contributed by atoms with E-state index in [1.807, 2.05) is 6.92 Å². The lowest BCUT2D eigenvalue weighted by Crippen LogP contribution is -2.28. The van der Waals surface area contributed by atoms with E-state index in [4.69, 9.17) is 4.74 Å². The summed E-state index contributed by atoms with van der Waals surface area (Å²) in [5, 5.41) is 13.0. The molecule has 0 aliphatic carbocycles. The summed E-state index contributed by atoms with van der Waals surface area (Å²) in [5.41, 5.74) is 0.702. The molecule has 3 rings (SSSR count). The second-order valence-corrected chi connectivity index (χ2v) is 8.67. The number of ether oxygens (including phenoxy) is 1. The molecule has 0 saturated heterocycles. The van der Waals surface area contributed by atoms with Crippen molar-refractivity contribution in [3.05, 3.63) is 58.4 Å². The fourth-order valence-corrected chi connectivity index (χ4v) is 3.54. The van der Waals surface area contributed by atoms with Gasteiger partial charge in [0, 0.05) is 29.0 Å². The van der Waals surface area contributed by atoms with Crippen molar-refractivity contribution in [2.75, 3.05) is 0 Å². The first-order valence-electron chi connectivity index (χ1n) is 9.86. The normalized spacial score (nSPS) is 14.0. The van der Waals surface area contributed by atoms with Crippen LogP contribution in [-0.2, 0) is 0 Å². The van der Waals surface area contributed by atoms with Gasteiger partial charge in [0.25, 0.3) is 5.91 Å². The van der Waals surface area contributed by atoms with Crippen LogP contribution in [0.5, 0.6) is 5.75 Å². The van der Waals surface area contributed by atoms with E-state index < -0.39 is 30.0 Å². The molecule has 3 aromatic rings. The summed E-state index contributed by atoms with van der Waals surface area (Å²) in [4.78, 5) is 26.4. The van der Waals surface area contributed by atoms with Gasteiger partial charge >= 0.3 is 0 Å². The monoisotopic (exact) mass is 444 g/mol. The number of nitrogens with one attached hydrogen (secondary N) is 1. The highest BCUT2D eigenvalue weighted by Crippen LogP contribution is 2.33. The first-order chi connectivity index (χ1) is 14.7. The summed E-state index contributed by atoms with van der Waals surface area (Å²) in [6.07, 6.45) is 3.60. The van der Waals surface area contributed by atoms with Crippen molar-refractivity contribution in [3.8, 4) is 16.3 Å². The molecule has 2 N–H and O–H groups in total. The minimum atomic E-state index is -0.741. The fourth-order valence-electron chi connectivity index (χ4n) is 2.76. The van der Waals surface area contributed by atoms with Gasteiger partial charge in [-0.1, -0.05) is 0 Å². The lowest BCUT2D eigenvalue weighted by atomic mass is 10.1. The number of aromatic nitrogens is 3. The van der Waals surface area contributed by atoms with Crippen LogP contribution in [0.1, 0.15) is 53.4 Å². The van der Waals surface area contributed by atoms with Gasteiger partial charge in [0.15, 0.2) is 0 Å². The summed E-state index contributed by atoms with van der Waals surface area (Å²) in [6.45, 7) is 8.70. The van der Waals surface area contributed by atoms with Crippen LogP contribution in [0.25, 0.3) is 10.6 Å². The van der Waals surface area contributed by atoms with Crippen LogP contribution in [0.3, 0.4) is 0 Å². The first kappa shape index (κ1) is 22.8. The maximum Gasteiger partial charge on any atom is 0.254 e. The molecule has 3 atom stereocenters. The standard InChI is InChI=1S/C22H25FN4O3S/c1-11-8-26-22(31-11)19-7-17(30-14(4)13(3)28)6-18(20(19)23)21(29)27-12(2)16-9-24-15(5)25-10-16/h6-10,12-14,28H,1-5H3,(H,27,29)/t12-,13?,14+/m1/s1. The number of nitrogens with zero attached hydrogens (tertiary/aromatic N) is 3. The molecule has 1 aromatic carbocycles. The first-order valence-corrected chi connectivity index (χ1v) is 10.7. The van der Waals surface area contributed by atoms with Crippen molar-refractivity contribution in [2.24, 2.45) is 0 Å². The van der Waals surface area contributed by atoms with Crippen LogP contribution in [0.2, 0.25) is 0 Å². The largest absolute Gasteiger partial charge is 0.488 e. The molecule has 0 aliphatic heterocycles. The van der Waals surface area contributed by atoms with Crippen LogP contribution >= 0.6 is 11.3 Å². The summed E-state index contributed by atoms with van der Waals surface area (Å²) >= 11 is 1.32. The van der Waals surface area contributed by atoms with E-state index in [1.54, 1.807) is 46.3 Å². The Kier molecular flexibility index (Phi) is 6.97. The number of aliphatic hydroxyl groups is 1. The Morgan fingerprint density at radius 3 is 2.39 bits per heavy atom. The number of aliphatic hydroxyl groups excluding tert-OH is 1. The third-order valence-corrected chi connectivity index (χ3v) is 5.74. The lowest BCUT2D eigenvalue weighted by Gasteiger charge is -2.19. The highest BCUT2D eigenvalue weighted by Gasteiger charge is 2.23. The van der Waals surface area contributed by atoms with Crippen molar-refractivity contribution in [1.29, 1.82) is 0 Å². The van der Waals surface area contributed by atoms with Gasteiger partial charge < -0.3 is 15.2 Å². The zero-order valence-electron chi connectivity index (χ0n) is 18.0. The molecule has 7 nitrogen and oxygen atoms in total. The topological polar surface area (TPSA) is 97.2 Å². The average molecular weight is 445 g/mol. The van der Waals surface area contributed by atoms with E-state index >= 15 is 4.39 Å². The average Bonchev–Trinajstić information content (AvgIpc) is 3.15. The molecule has 1 unspecified atom stereocenters. The summed E-state index contributed by atoms with van der Waals surface area (Å²) in [7, 11) is 0. The van der Waals surface area contributed by atoms with E-state index in [1.165, 1.54) is 23.5 Å². The van der Waals surface area contributed by atoms with E-state index in [9.17, 15) is 9.90 Å². The van der Waals surface area contributed by atoms with E-state index in [2.05, 4.69) is 20.3 Å². The zero-order chi connectivity index (χ0) is 22.7. The number of amides is 1. The van der Waals surface area contributed by atoms with Gasteiger partial charge in [0.1, 0.15) is 28.5 Å². The molecule has 0 spiro atoms. The van der Waals surface area contributed by atoms with E-state index in [-0.39, 0.29) is 16.9 Å². The summed E-state index contributed by atoms with van der Waals surface area (Å²) in [6, 6.07) is 2.41. The maximum atomic E-state index is 15.4. The molecule has 164 valence electrons. The molecule has 0 saturated carbocycles. The number of halogens is 1. The molecule has 0 fully saturated rings. The van der Waals surface area contributed by atoms with Crippen LogP contribution in [-0.4, -0.2) is 38.2 Å². The molecule has 0 radical (unpaired) electrons. The van der Waals surface area contributed by atoms with Crippen LogP contribution in [0.4, 0.5) is 4.39 Å². The Balaban J connectivity index is 1.96. The van der Waals surface area contributed by atoms with Crippen molar-refractivity contribution >= 4 is 17.2 Å². The van der Waals surface area contributed by atoms with E-state index in [0.717, 1.165) is 4.88 Å². The van der Waals surface area contributed by atoms with E-state index in [0.29, 0.717) is 16.4 Å². The number of benzene rings is 1. The molecule has 0 aliphatic rings. The number of carbonyl (C=O) groups is 1. The molecular formula is C22H25FN4O3S. The number of rotatable bonds is 7. The number of hydrogen-bond acceptors (Lipinski definition) is 7. The SMILES string of the molecule is Cc1ncc([C@@H](C)NC(=O)c2cc(O[C@@H](C)C(C)O)cc(-c3ncc(C)s3)c2F)cn1. The quantitative estimate of drug-likeness (QED) is 0.572. The number of thiazole rings is 1. The minimum absolute atomic E-state index is 0.168. The molecule has 0 bridgehead atoms. The second kappa shape index (κ2) is 9.49. The Labute approximate surface area is 184 Å². The Morgan fingerprint density at radius 1 is 1.13 bits per heavy atom.